The van der Waals surface area contributed by atoms with Crippen LogP contribution in [0.1, 0.15) is 33.4 Å². The number of rotatable bonds is 6. The third-order valence-corrected chi connectivity index (χ3v) is 2.79. The number of nitrogens with one attached hydrogen (secondary N) is 1. The lowest BCUT2D eigenvalue weighted by molar-refractivity contribution is 0.522. The summed E-state index contributed by atoms with van der Waals surface area (Å²) in [6.45, 7) is 15.2. The number of pyridine rings is 1. The van der Waals surface area contributed by atoms with Gasteiger partial charge in [-0.15, -0.1) is 6.58 Å². The lowest BCUT2D eigenvalue weighted by atomic mass is 10.0. The van der Waals surface area contributed by atoms with Crippen LogP contribution in [0.4, 0.5) is 5.69 Å². The molecule has 3 heteroatoms. The molecule has 0 aromatic carbocycles. The lowest BCUT2D eigenvalue weighted by Gasteiger charge is -2.37. The molecule has 0 bridgehead atoms. The van der Waals surface area contributed by atoms with Gasteiger partial charge in [0.05, 0.1) is 5.69 Å². The van der Waals surface area contributed by atoms with E-state index in [-0.39, 0.29) is 5.54 Å². The van der Waals surface area contributed by atoms with Gasteiger partial charge in [0.1, 0.15) is 0 Å². The normalized spacial score (nSPS) is 11.3. The van der Waals surface area contributed by atoms with Gasteiger partial charge in [-0.05, 0) is 39.4 Å². The Kier molecular flexibility index (Phi) is 5.35. The second-order valence-electron chi connectivity index (χ2n) is 5.36. The van der Waals surface area contributed by atoms with Crippen LogP contribution < -0.4 is 10.2 Å². The largest absolute Gasteiger partial charge is 0.363 e. The van der Waals surface area contributed by atoms with E-state index in [1.165, 1.54) is 5.69 Å². The molecule has 1 aromatic rings. The smallest absolute Gasteiger partial charge is 0.0562 e. The van der Waals surface area contributed by atoms with Crippen LogP contribution in [0.5, 0.6) is 0 Å². The average Bonchev–Trinajstić information content (AvgIpc) is 2.32. The Morgan fingerprint density at radius 3 is 2.72 bits per heavy atom. The van der Waals surface area contributed by atoms with Crippen molar-refractivity contribution in [2.75, 3.05) is 18.0 Å². The van der Waals surface area contributed by atoms with E-state index < -0.39 is 0 Å². The van der Waals surface area contributed by atoms with Gasteiger partial charge in [0.15, 0.2) is 0 Å². The first-order chi connectivity index (χ1) is 8.49. The Bertz CT molecular complexity index is 380. The first-order valence-corrected chi connectivity index (χ1v) is 6.53. The third-order valence-electron chi connectivity index (χ3n) is 2.79. The molecule has 0 saturated heterocycles. The molecule has 0 aliphatic carbocycles. The Hall–Kier alpha value is -1.35. The van der Waals surface area contributed by atoms with Crippen LogP contribution >= 0.6 is 0 Å². The molecular formula is C15H25N3. The first kappa shape index (κ1) is 14.7. The van der Waals surface area contributed by atoms with Crippen molar-refractivity contribution in [1.82, 2.24) is 10.3 Å². The summed E-state index contributed by atoms with van der Waals surface area (Å²) >= 11 is 0. The number of hydrogen-bond acceptors (Lipinski definition) is 3. The Balaban J connectivity index is 2.94. The summed E-state index contributed by atoms with van der Waals surface area (Å²) in [5.41, 5.74) is 2.35. The van der Waals surface area contributed by atoms with Crippen molar-refractivity contribution in [3.63, 3.8) is 0 Å². The number of hydrogen-bond donors (Lipinski definition) is 1. The van der Waals surface area contributed by atoms with Crippen LogP contribution in [-0.4, -0.2) is 23.6 Å². The molecule has 0 saturated carbocycles. The average molecular weight is 247 g/mol. The second kappa shape index (κ2) is 6.55. The first-order valence-electron chi connectivity index (χ1n) is 6.53. The van der Waals surface area contributed by atoms with Gasteiger partial charge < -0.3 is 10.2 Å². The SMILES string of the molecule is C=CCN(c1ccnc(CNCC)c1)C(C)(C)C. The van der Waals surface area contributed by atoms with E-state index in [0.29, 0.717) is 0 Å². The van der Waals surface area contributed by atoms with Gasteiger partial charge in [-0.2, -0.15) is 0 Å². The quantitative estimate of drug-likeness (QED) is 0.783. The summed E-state index contributed by atoms with van der Waals surface area (Å²) in [5.74, 6) is 0. The van der Waals surface area contributed by atoms with E-state index in [0.717, 1.165) is 25.3 Å². The molecule has 0 aliphatic heterocycles. The van der Waals surface area contributed by atoms with Gasteiger partial charge in [-0.25, -0.2) is 0 Å². The Morgan fingerprint density at radius 2 is 2.17 bits per heavy atom. The van der Waals surface area contributed by atoms with Gasteiger partial charge >= 0.3 is 0 Å². The zero-order valence-electron chi connectivity index (χ0n) is 12.0. The monoisotopic (exact) mass is 247 g/mol. The van der Waals surface area contributed by atoms with Gasteiger partial charge in [0, 0.05) is 30.5 Å². The fourth-order valence-electron chi connectivity index (χ4n) is 1.88. The van der Waals surface area contributed by atoms with Gasteiger partial charge in [0.2, 0.25) is 0 Å². The molecule has 0 aliphatic rings. The molecular weight excluding hydrogens is 222 g/mol. The molecule has 1 N–H and O–H groups in total. The molecule has 0 spiro atoms. The van der Waals surface area contributed by atoms with E-state index in [4.69, 9.17) is 0 Å². The van der Waals surface area contributed by atoms with Crippen LogP contribution in [0.25, 0.3) is 0 Å². The molecule has 0 radical (unpaired) electrons. The van der Waals surface area contributed by atoms with E-state index in [9.17, 15) is 0 Å². The van der Waals surface area contributed by atoms with Crippen LogP contribution in [0.3, 0.4) is 0 Å². The molecule has 1 aromatic heterocycles. The summed E-state index contributed by atoms with van der Waals surface area (Å²) in [6.07, 6.45) is 3.82. The fourth-order valence-corrected chi connectivity index (χ4v) is 1.88. The highest BCUT2D eigenvalue weighted by Crippen LogP contribution is 2.23. The van der Waals surface area contributed by atoms with E-state index in [2.05, 4.69) is 61.6 Å². The maximum Gasteiger partial charge on any atom is 0.0562 e. The summed E-state index contributed by atoms with van der Waals surface area (Å²) in [6, 6.07) is 4.21. The topological polar surface area (TPSA) is 28.2 Å². The summed E-state index contributed by atoms with van der Waals surface area (Å²) in [5, 5.41) is 3.30. The summed E-state index contributed by atoms with van der Waals surface area (Å²) in [4.78, 5) is 6.72. The van der Waals surface area contributed by atoms with Crippen molar-refractivity contribution >= 4 is 5.69 Å². The zero-order valence-corrected chi connectivity index (χ0v) is 12.0. The molecule has 18 heavy (non-hydrogen) atoms. The highest BCUT2D eigenvalue weighted by molar-refractivity contribution is 5.49. The number of aromatic nitrogens is 1. The Labute approximate surface area is 111 Å². The summed E-state index contributed by atoms with van der Waals surface area (Å²) in [7, 11) is 0. The minimum Gasteiger partial charge on any atom is -0.363 e. The van der Waals surface area contributed by atoms with Gasteiger partial charge in [0.25, 0.3) is 0 Å². The highest BCUT2D eigenvalue weighted by Gasteiger charge is 2.20. The second-order valence-corrected chi connectivity index (χ2v) is 5.36. The van der Waals surface area contributed by atoms with E-state index >= 15 is 0 Å². The van der Waals surface area contributed by atoms with Crippen molar-refractivity contribution < 1.29 is 0 Å². The van der Waals surface area contributed by atoms with Crippen molar-refractivity contribution in [3.8, 4) is 0 Å². The number of anilines is 1. The highest BCUT2D eigenvalue weighted by atomic mass is 15.2. The zero-order chi connectivity index (χ0) is 13.6. The molecule has 0 unspecified atom stereocenters. The molecule has 3 nitrogen and oxygen atoms in total. The number of nitrogens with zero attached hydrogens (tertiary/aromatic N) is 2. The third kappa shape index (κ3) is 4.15. The standard InChI is InChI=1S/C15H25N3/c1-6-10-18(15(3,4)5)14-8-9-17-13(11-14)12-16-7-2/h6,8-9,11,16H,1,7,10,12H2,2-5H3. The fraction of sp³-hybridized carbons (Fsp3) is 0.533. The maximum atomic E-state index is 4.39. The van der Waals surface area contributed by atoms with E-state index in [1.54, 1.807) is 0 Å². The maximum absolute atomic E-state index is 4.39. The molecule has 100 valence electrons. The van der Waals surface area contributed by atoms with Crippen LogP contribution in [0.2, 0.25) is 0 Å². The molecule has 0 atom stereocenters. The summed E-state index contributed by atoms with van der Waals surface area (Å²) < 4.78 is 0. The van der Waals surface area contributed by atoms with Crippen molar-refractivity contribution in [2.24, 2.45) is 0 Å². The minimum absolute atomic E-state index is 0.0744. The van der Waals surface area contributed by atoms with Crippen molar-refractivity contribution in [3.05, 3.63) is 36.7 Å². The predicted molar refractivity (Wildman–Crippen MR) is 78.9 cm³/mol. The molecule has 0 amide bonds. The Morgan fingerprint density at radius 1 is 1.44 bits per heavy atom. The van der Waals surface area contributed by atoms with Crippen LogP contribution in [-0.2, 0) is 6.54 Å². The van der Waals surface area contributed by atoms with Crippen LogP contribution in [0.15, 0.2) is 31.0 Å². The van der Waals surface area contributed by atoms with Crippen LogP contribution in [0, 0.1) is 0 Å². The molecule has 1 rings (SSSR count). The lowest BCUT2D eigenvalue weighted by Crippen LogP contribution is -2.41. The van der Waals surface area contributed by atoms with Gasteiger partial charge in [-0.3, -0.25) is 4.98 Å². The van der Waals surface area contributed by atoms with Gasteiger partial charge in [-0.1, -0.05) is 13.0 Å². The van der Waals surface area contributed by atoms with Crippen molar-refractivity contribution in [1.29, 1.82) is 0 Å². The van der Waals surface area contributed by atoms with Crippen molar-refractivity contribution in [2.45, 2.75) is 39.8 Å². The predicted octanol–water partition coefficient (Wildman–Crippen LogP) is 2.98. The van der Waals surface area contributed by atoms with E-state index in [1.807, 2.05) is 12.3 Å². The minimum atomic E-state index is 0.0744. The molecule has 0 fully saturated rings. The molecule has 1 heterocycles.